The molecule has 1 unspecified atom stereocenters. The van der Waals surface area contributed by atoms with Crippen molar-refractivity contribution in [1.29, 1.82) is 0 Å². The Morgan fingerprint density at radius 3 is 2.50 bits per heavy atom. The van der Waals surface area contributed by atoms with Crippen molar-refractivity contribution >= 4 is 0 Å². The summed E-state index contributed by atoms with van der Waals surface area (Å²) in [6.07, 6.45) is 0.809. The molecule has 0 aliphatic carbocycles. The standard InChI is InChI=1S/C16H16F3N/c1-10(7-8-20)11-3-2-4-12(9-11)13-5-6-14(17)16(19)15(13)18/h2-6,9-10H,7-8,20H2,1H3. The molecule has 0 spiro atoms. The largest absolute Gasteiger partial charge is 0.330 e. The topological polar surface area (TPSA) is 26.0 Å². The lowest BCUT2D eigenvalue weighted by atomic mass is 9.94. The van der Waals surface area contributed by atoms with Gasteiger partial charge < -0.3 is 5.73 Å². The molecule has 20 heavy (non-hydrogen) atoms. The minimum absolute atomic E-state index is 0.0608. The van der Waals surface area contributed by atoms with E-state index < -0.39 is 17.5 Å². The molecule has 0 saturated carbocycles. The van der Waals surface area contributed by atoms with Crippen LogP contribution in [0.5, 0.6) is 0 Å². The quantitative estimate of drug-likeness (QED) is 0.833. The second-order valence-electron chi connectivity index (χ2n) is 4.83. The Hall–Kier alpha value is -1.81. The molecule has 2 rings (SSSR count). The lowest BCUT2D eigenvalue weighted by Crippen LogP contribution is -2.04. The molecule has 106 valence electrons. The van der Waals surface area contributed by atoms with Crippen LogP contribution >= 0.6 is 0 Å². The van der Waals surface area contributed by atoms with Crippen molar-refractivity contribution in [3.8, 4) is 11.1 Å². The van der Waals surface area contributed by atoms with Crippen LogP contribution in [0.25, 0.3) is 11.1 Å². The molecule has 0 aliphatic rings. The van der Waals surface area contributed by atoms with Gasteiger partial charge in [-0.15, -0.1) is 0 Å². The Bertz CT molecular complexity index is 611. The highest BCUT2D eigenvalue weighted by Gasteiger charge is 2.15. The smallest absolute Gasteiger partial charge is 0.195 e. The van der Waals surface area contributed by atoms with Crippen LogP contribution in [0, 0.1) is 17.5 Å². The van der Waals surface area contributed by atoms with Crippen LogP contribution in [0.3, 0.4) is 0 Å². The predicted octanol–water partition coefficient (Wildman–Crippen LogP) is 4.22. The molecule has 2 aromatic rings. The molecule has 0 saturated heterocycles. The monoisotopic (exact) mass is 279 g/mol. The number of rotatable bonds is 4. The highest BCUT2D eigenvalue weighted by molar-refractivity contribution is 5.65. The third-order valence-electron chi connectivity index (χ3n) is 3.40. The normalized spacial score (nSPS) is 12.4. The summed E-state index contributed by atoms with van der Waals surface area (Å²) in [5, 5.41) is 0. The Kier molecular flexibility index (Phi) is 4.45. The van der Waals surface area contributed by atoms with E-state index in [-0.39, 0.29) is 11.5 Å². The van der Waals surface area contributed by atoms with E-state index in [1.807, 2.05) is 13.0 Å². The molecule has 2 N–H and O–H groups in total. The SMILES string of the molecule is CC(CCN)c1cccc(-c2ccc(F)c(F)c2F)c1. The number of benzene rings is 2. The molecule has 0 bridgehead atoms. The Morgan fingerprint density at radius 1 is 1.05 bits per heavy atom. The van der Waals surface area contributed by atoms with Crippen molar-refractivity contribution < 1.29 is 13.2 Å². The van der Waals surface area contributed by atoms with Crippen LogP contribution in [0.1, 0.15) is 24.8 Å². The maximum atomic E-state index is 13.8. The minimum Gasteiger partial charge on any atom is -0.330 e. The summed E-state index contributed by atoms with van der Waals surface area (Å²) < 4.78 is 40.0. The molecule has 0 heterocycles. The molecule has 0 aromatic heterocycles. The Morgan fingerprint density at radius 2 is 1.80 bits per heavy atom. The van der Waals surface area contributed by atoms with E-state index in [1.54, 1.807) is 18.2 Å². The first-order valence-corrected chi connectivity index (χ1v) is 6.48. The van der Waals surface area contributed by atoms with Gasteiger partial charge in [-0.3, -0.25) is 0 Å². The molecule has 0 amide bonds. The number of hydrogen-bond acceptors (Lipinski definition) is 1. The van der Waals surface area contributed by atoms with E-state index in [0.29, 0.717) is 12.1 Å². The van der Waals surface area contributed by atoms with Gasteiger partial charge in [0.1, 0.15) is 0 Å². The van der Waals surface area contributed by atoms with Gasteiger partial charge >= 0.3 is 0 Å². The molecule has 0 fully saturated rings. The fraction of sp³-hybridized carbons (Fsp3) is 0.250. The van der Waals surface area contributed by atoms with Crippen LogP contribution in [0.2, 0.25) is 0 Å². The van der Waals surface area contributed by atoms with Crippen molar-refractivity contribution in [2.24, 2.45) is 5.73 Å². The Balaban J connectivity index is 2.44. The van der Waals surface area contributed by atoms with Gasteiger partial charge in [-0.25, -0.2) is 13.2 Å². The summed E-state index contributed by atoms with van der Waals surface area (Å²) in [5.41, 5.74) is 7.11. The van der Waals surface area contributed by atoms with Crippen LogP contribution in [0.4, 0.5) is 13.2 Å². The van der Waals surface area contributed by atoms with Gasteiger partial charge in [-0.2, -0.15) is 0 Å². The first kappa shape index (κ1) is 14.6. The second-order valence-corrected chi connectivity index (χ2v) is 4.83. The summed E-state index contributed by atoms with van der Waals surface area (Å²) in [4.78, 5) is 0. The molecule has 4 heteroatoms. The summed E-state index contributed by atoms with van der Waals surface area (Å²) >= 11 is 0. The lowest BCUT2D eigenvalue weighted by molar-refractivity contribution is 0.449. The van der Waals surface area contributed by atoms with Crippen molar-refractivity contribution in [2.75, 3.05) is 6.54 Å². The van der Waals surface area contributed by atoms with Crippen LogP contribution in [-0.4, -0.2) is 6.54 Å². The molecule has 0 aliphatic heterocycles. The lowest BCUT2D eigenvalue weighted by Gasteiger charge is -2.12. The number of halogens is 3. The molecule has 1 atom stereocenters. The summed E-state index contributed by atoms with van der Waals surface area (Å²) in [6, 6.07) is 9.34. The van der Waals surface area contributed by atoms with E-state index >= 15 is 0 Å². The van der Waals surface area contributed by atoms with Crippen molar-refractivity contribution in [3.05, 3.63) is 59.4 Å². The number of nitrogens with two attached hydrogens (primary N) is 1. The minimum atomic E-state index is -1.44. The van der Waals surface area contributed by atoms with Gasteiger partial charge in [-0.05, 0) is 42.1 Å². The van der Waals surface area contributed by atoms with Crippen LogP contribution in [-0.2, 0) is 0 Å². The zero-order chi connectivity index (χ0) is 14.7. The zero-order valence-electron chi connectivity index (χ0n) is 11.2. The highest BCUT2D eigenvalue weighted by atomic mass is 19.2. The van der Waals surface area contributed by atoms with Gasteiger partial charge in [0.25, 0.3) is 0 Å². The maximum Gasteiger partial charge on any atom is 0.195 e. The maximum absolute atomic E-state index is 13.8. The predicted molar refractivity (Wildman–Crippen MR) is 73.8 cm³/mol. The van der Waals surface area contributed by atoms with Crippen LogP contribution in [0.15, 0.2) is 36.4 Å². The molecule has 1 nitrogen and oxygen atoms in total. The van der Waals surface area contributed by atoms with Crippen molar-refractivity contribution in [1.82, 2.24) is 0 Å². The fourth-order valence-electron chi connectivity index (χ4n) is 2.18. The summed E-state index contributed by atoms with van der Waals surface area (Å²) in [5.74, 6) is -3.55. The van der Waals surface area contributed by atoms with E-state index in [4.69, 9.17) is 5.73 Å². The van der Waals surface area contributed by atoms with E-state index in [9.17, 15) is 13.2 Å². The van der Waals surface area contributed by atoms with Gasteiger partial charge in [0, 0.05) is 5.56 Å². The number of hydrogen-bond donors (Lipinski definition) is 1. The fourth-order valence-corrected chi connectivity index (χ4v) is 2.18. The van der Waals surface area contributed by atoms with Gasteiger partial charge in [0.05, 0.1) is 0 Å². The van der Waals surface area contributed by atoms with Gasteiger partial charge in [0.2, 0.25) is 0 Å². The van der Waals surface area contributed by atoms with Crippen molar-refractivity contribution in [2.45, 2.75) is 19.3 Å². The first-order valence-electron chi connectivity index (χ1n) is 6.48. The molecule has 0 radical (unpaired) electrons. The third kappa shape index (κ3) is 2.85. The van der Waals surface area contributed by atoms with E-state index in [1.165, 1.54) is 6.07 Å². The highest BCUT2D eigenvalue weighted by Crippen LogP contribution is 2.29. The third-order valence-corrected chi connectivity index (χ3v) is 3.40. The molecule has 2 aromatic carbocycles. The van der Waals surface area contributed by atoms with Gasteiger partial charge in [0.15, 0.2) is 17.5 Å². The van der Waals surface area contributed by atoms with Crippen molar-refractivity contribution in [3.63, 3.8) is 0 Å². The second kappa shape index (κ2) is 6.09. The molecular weight excluding hydrogens is 263 g/mol. The van der Waals surface area contributed by atoms with Gasteiger partial charge in [-0.1, -0.05) is 31.2 Å². The summed E-state index contributed by atoms with van der Waals surface area (Å²) in [6.45, 7) is 2.58. The average Bonchev–Trinajstić information content (AvgIpc) is 2.45. The first-order chi connectivity index (χ1) is 9.54. The van der Waals surface area contributed by atoms with Crippen LogP contribution < -0.4 is 5.73 Å². The van der Waals surface area contributed by atoms with E-state index in [2.05, 4.69) is 0 Å². The summed E-state index contributed by atoms with van der Waals surface area (Å²) in [7, 11) is 0. The van der Waals surface area contributed by atoms with E-state index in [0.717, 1.165) is 18.1 Å². The Labute approximate surface area is 116 Å². The average molecular weight is 279 g/mol. The zero-order valence-corrected chi connectivity index (χ0v) is 11.2. The molecular formula is C16H16F3N.